The van der Waals surface area contributed by atoms with E-state index in [1.54, 1.807) is 19.0 Å². The van der Waals surface area contributed by atoms with Crippen LogP contribution in [0, 0.1) is 7.05 Å². The van der Waals surface area contributed by atoms with Crippen LogP contribution in [0.25, 0.3) is 0 Å². The normalized spacial score (nSPS) is 25.5. The van der Waals surface area contributed by atoms with Crippen molar-refractivity contribution in [1.82, 2.24) is 9.80 Å². The van der Waals surface area contributed by atoms with Crippen molar-refractivity contribution in [1.29, 1.82) is 0 Å². The van der Waals surface area contributed by atoms with Crippen LogP contribution in [0.1, 0.15) is 12.8 Å². The minimum absolute atomic E-state index is 0.0324. The van der Waals surface area contributed by atoms with E-state index in [4.69, 9.17) is 0 Å². The first kappa shape index (κ1) is 8.53. The average Bonchev–Trinajstić information content (AvgIpc) is 2.33. The maximum atomic E-state index is 11.4. The molecular weight excluding hydrogens is 140 g/mol. The van der Waals surface area contributed by atoms with Gasteiger partial charge in [0.1, 0.15) is 0 Å². The fourth-order valence-corrected chi connectivity index (χ4v) is 1.40. The third kappa shape index (κ3) is 1.71. The Hall–Kier alpha value is -0.570. The Morgan fingerprint density at radius 3 is 2.64 bits per heavy atom. The number of carbonyl (C=O) groups is 1. The van der Waals surface area contributed by atoms with E-state index in [-0.39, 0.29) is 11.9 Å². The third-order valence-electron chi connectivity index (χ3n) is 2.09. The largest absolute Gasteiger partial charge is 0.347 e. The van der Waals surface area contributed by atoms with Crippen molar-refractivity contribution in [2.45, 2.75) is 18.9 Å². The minimum Gasteiger partial charge on any atom is -0.347 e. The molecule has 0 aromatic heterocycles. The summed E-state index contributed by atoms with van der Waals surface area (Å²) in [6, 6.07) is 0.0324. The quantitative estimate of drug-likeness (QED) is 0.545. The average molecular weight is 155 g/mol. The Kier molecular flexibility index (Phi) is 2.49. The van der Waals surface area contributed by atoms with Crippen LogP contribution in [0.5, 0.6) is 0 Å². The topological polar surface area (TPSA) is 23.6 Å². The van der Waals surface area contributed by atoms with Gasteiger partial charge in [0.25, 0.3) is 0 Å². The van der Waals surface area contributed by atoms with Crippen LogP contribution in [0.15, 0.2) is 0 Å². The lowest BCUT2D eigenvalue weighted by atomic mass is 10.2. The van der Waals surface area contributed by atoms with E-state index in [1.165, 1.54) is 0 Å². The molecule has 1 aliphatic rings. The molecule has 11 heavy (non-hydrogen) atoms. The highest BCUT2D eigenvalue weighted by molar-refractivity contribution is 5.81. The van der Waals surface area contributed by atoms with E-state index in [2.05, 4.69) is 7.05 Å². The molecule has 0 bridgehead atoms. The molecule has 0 aromatic rings. The predicted molar refractivity (Wildman–Crippen MR) is 43.8 cm³/mol. The van der Waals surface area contributed by atoms with Crippen LogP contribution in [0.4, 0.5) is 0 Å². The van der Waals surface area contributed by atoms with Gasteiger partial charge in [0, 0.05) is 21.1 Å². The molecule has 0 aliphatic carbocycles. The van der Waals surface area contributed by atoms with Crippen LogP contribution in [0.3, 0.4) is 0 Å². The lowest BCUT2D eigenvalue weighted by Gasteiger charge is -2.21. The van der Waals surface area contributed by atoms with Crippen LogP contribution in [0.2, 0.25) is 0 Å². The zero-order valence-electron chi connectivity index (χ0n) is 7.21. The van der Waals surface area contributed by atoms with E-state index in [0.29, 0.717) is 0 Å². The lowest BCUT2D eigenvalue weighted by molar-refractivity contribution is -0.132. The van der Waals surface area contributed by atoms with Gasteiger partial charge in [-0.2, -0.15) is 0 Å². The third-order valence-corrected chi connectivity index (χ3v) is 2.09. The van der Waals surface area contributed by atoms with E-state index in [1.807, 2.05) is 4.90 Å². The SMILES string of the molecule is [CH2]N1CCCC1C(=O)N(C)C. The molecule has 1 aliphatic heterocycles. The van der Waals surface area contributed by atoms with Gasteiger partial charge in [0.05, 0.1) is 6.04 Å². The lowest BCUT2D eigenvalue weighted by Crippen LogP contribution is -2.39. The maximum Gasteiger partial charge on any atom is 0.239 e. The second kappa shape index (κ2) is 3.22. The van der Waals surface area contributed by atoms with Crippen molar-refractivity contribution in [3.8, 4) is 0 Å². The summed E-state index contributed by atoms with van der Waals surface area (Å²) >= 11 is 0. The molecule has 3 heteroatoms. The van der Waals surface area contributed by atoms with E-state index in [9.17, 15) is 4.79 Å². The predicted octanol–water partition coefficient (Wildman–Crippen LogP) is 0.331. The Labute approximate surface area is 68.0 Å². The van der Waals surface area contributed by atoms with Gasteiger partial charge < -0.3 is 4.90 Å². The van der Waals surface area contributed by atoms with Gasteiger partial charge in [-0.05, 0) is 19.4 Å². The molecule has 1 heterocycles. The summed E-state index contributed by atoms with van der Waals surface area (Å²) in [4.78, 5) is 14.9. The van der Waals surface area contributed by atoms with Gasteiger partial charge >= 0.3 is 0 Å². The molecule has 1 unspecified atom stereocenters. The Morgan fingerprint density at radius 1 is 1.64 bits per heavy atom. The highest BCUT2D eigenvalue weighted by atomic mass is 16.2. The van der Waals surface area contributed by atoms with Crippen molar-refractivity contribution in [2.75, 3.05) is 20.6 Å². The number of rotatable bonds is 1. The fraction of sp³-hybridized carbons (Fsp3) is 0.750. The number of carbonyl (C=O) groups excluding carboxylic acids is 1. The number of nitrogens with zero attached hydrogens (tertiary/aromatic N) is 2. The summed E-state index contributed by atoms with van der Waals surface area (Å²) < 4.78 is 0. The summed E-state index contributed by atoms with van der Waals surface area (Å²) in [7, 11) is 7.38. The molecule has 1 radical (unpaired) electrons. The zero-order valence-corrected chi connectivity index (χ0v) is 7.21. The van der Waals surface area contributed by atoms with Crippen LogP contribution in [-0.4, -0.2) is 42.4 Å². The van der Waals surface area contributed by atoms with Crippen molar-refractivity contribution in [3.63, 3.8) is 0 Å². The zero-order chi connectivity index (χ0) is 8.43. The molecule has 1 fully saturated rings. The maximum absolute atomic E-state index is 11.4. The number of hydrogen-bond acceptors (Lipinski definition) is 2. The Bertz CT molecular complexity index is 156. The van der Waals surface area contributed by atoms with E-state index < -0.39 is 0 Å². The summed E-state index contributed by atoms with van der Waals surface area (Å²) in [5.41, 5.74) is 0. The molecule has 1 amide bonds. The summed E-state index contributed by atoms with van der Waals surface area (Å²) in [6.45, 7) is 0.949. The first-order valence-corrected chi connectivity index (χ1v) is 3.91. The summed E-state index contributed by atoms with van der Waals surface area (Å²) in [5, 5.41) is 0. The van der Waals surface area contributed by atoms with Gasteiger partial charge in [-0.3, -0.25) is 9.69 Å². The minimum atomic E-state index is 0.0324. The molecule has 3 nitrogen and oxygen atoms in total. The van der Waals surface area contributed by atoms with Gasteiger partial charge in [-0.25, -0.2) is 0 Å². The second-order valence-electron chi connectivity index (χ2n) is 3.20. The monoisotopic (exact) mass is 155 g/mol. The Morgan fingerprint density at radius 2 is 2.27 bits per heavy atom. The number of hydrogen-bond donors (Lipinski definition) is 0. The van der Waals surface area contributed by atoms with Crippen LogP contribution >= 0.6 is 0 Å². The molecule has 0 saturated carbocycles. The highest BCUT2D eigenvalue weighted by Gasteiger charge is 2.28. The number of likely N-dealkylation sites (tertiary alicyclic amines) is 1. The van der Waals surface area contributed by atoms with Crippen molar-refractivity contribution in [3.05, 3.63) is 7.05 Å². The molecule has 0 aromatic carbocycles. The van der Waals surface area contributed by atoms with Gasteiger partial charge in [-0.1, -0.05) is 0 Å². The molecule has 1 rings (SSSR count). The molecule has 63 valence electrons. The van der Waals surface area contributed by atoms with Gasteiger partial charge in [0.2, 0.25) is 5.91 Å². The number of amides is 1. The van der Waals surface area contributed by atoms with E-state index in [0.717, 1.165) is 19.4 Å². The van der Waals surface area contributed by atoms with Crippen molar-refractivity contribution in [2.24, 2.45) is 0 Å². The summed E-state index contributed by atoms with van der Waals surface area (Å²) in [6.07, 6.45) is 2.05. The molecule has 1 saturated heterocycles. The molecule has 0 spiro atoms. The molecular formula is C8H15N2O. The van der Waals surface area contributed by atoms with Crippen LogP contribution < -0.4 is 0 Å². The smallest absolute Gasteiger partial charge is 0.239 e. The second-order valence-corrected chi connectivity index (χ2v) is 3.20. The van der Waals surface area contributed by atoms with E-state index >= 15 is 0 Å². The van der Waals surface area contributed by atoms with Crippen molar-refractivity contribution >= 4 is 5.91 Å². The first-order valence-electron chi connectivity index (χ1n) is 3.91. The van der Waals surface area contributed by atoms with Crippen LogP contribution in [-0.2, 0) is 4.79 Å². The standard InChI is InChI=1S/C8H15N2O/c1-9(2)8(11)7-5-4-6-10(7)3/h7H,3-6H2,1-2H3. The van der Waals surface area contributed by atoms with Gasteiger partial charge in [0.15, 0.2) is 0 Å². The molecule has 1 atom stereocenters. The Balaban J connectivity index is 2.53. The molecule has 0 N–H and O–H groups in total. The van der Waals surface area contributed by atoms with Gasteiger partial charge in [-0.15, -0.1) is 0 Å². The summed E-state index contributed by atoms with van der Waals surface area (Å²) in [5.74, 6) is 0.178. The highest BCUT2D eigenvalue weighted by Crippen LogP contribution is 2.16. The number of likely N-dealkylation sites (N-methyl/N-ethyl adjacent to an activating group) is 1. The van der Waals surface area contributed by atoms with Crippen molar-refractivity contribution < 1.29 is 4.79 Å². The first-order chi connectivity index (χ1) is 5.13. The fourth-order valence-electron chi connectivity index (χ4n) is 1.40.